The second kappa shape index (κ2) is 6.30. The summed E-state index contributed by atoms with van der Waals surface area (Å²) in [5, 5.41) is 0. The van der Waals surface area contributed by atoms with Crippen molar-refractivity contribution in [2.45, 2.75) is 19.1 Å². The highest BCUT2D eigenvalue weighted by atomic mass is 19.4. The summed E-state index contributed by atoms with van der Waals surface area (Å²) >= 11 is 0. The first-order valence-electron chi connectivity index (χ1n) is 4.78. The lowest BCUT2D eigenvalue weighted by atomic mass is 10.1. The van der Waals surface area contributed by atoms with Gasteiger partial charge in [-0.3, -0.25) is 0 Å². The van der Waals surface area contributed by atoms with Crippen molar-refractivity contribution in [3.8, 4) is 0 Å². The number of hydrogen-bond acceptors (Lipinski definition) is 3. The van der Waals surface area contributed by atoms with E-state index in [-0.39, 0.29) is 19.1 Å². The molecule has 6 heteroatoms. The first-order valence-corrected chi connectivity index (χ1v) is 4.78. The lowest BCUT2D eigenvalue weighted by molar-refractivity contribution is -0.176. The molecule has 0 rings (SSSR count). The Kier molecular flexibility index (Phi) is 6.16. The van der Waals surface area contributed by atoms with Crippen molar-refractivity contribution in [3.63, 3.8) is 0 Å². The van der Waals surface area contributed by atoms with Gasteiger partial charge in [0.2, 0.25) is 0 Å². The zero-order valence-corrected chi connectivity index (χ0v) is 9.34. The Morgan fingerprint density at radius 3 is 2.27 bits per heavy atom. The van der Waals surface area contributed by atoms with Crippen LogP contribution in [-0.4, -0.2) is 51.0 Å². The zero-order valence-electron chi connectivity index (χ0n) is 9.34. The van der Waals surface area contributed by atoms with Crippen LogP contribution >= 0.6 is 0 Å². The average Bonchev–Trinajstić information content (AvgIpc) is 2.12. The lowest BCUT2D eigenvalue weighted by Crippen LogP contribution is -2.43. The molecule has 0 aromatic rings. The normalized spacial score (nSPS) is 16.8. The summed E-state index contributed by atoms with van der Waals surface area (Å²) in [4.78, 5) is 1.61. The van der Waals surface area contributed by atoms with Crippen molar-refractivity contribution >= 4 is 0 Å². The molecule has 0 aromatic carbocycles. The van der Waals surface area contributed by atoms with Crippen LogP contribution in [0.1, 0.15) is 6.92 Å². The minimum absolute atomic E-state index is 0.0496. The van der Waals surface area contributed by atoms with Crippen LogP contribution in [0, 0.1) is 5.92 Å². The third-order valence-electron chi connectivity index (χ3n) is 2.42. The third kappa shape index (κ3) is 5.34. The Hall–Kier alpha value is -0.330. The Labute approximate surface area is 88.4 Å². The maximum absolute atomic E-state index is 12.4. The fourth-order valence-electron chi connectivity index (χ4n) is 1.21. The van der Waals surface area contributed by atoms with E-state index in [2.05, 4.69) is 0 Å². The van der Waals surface area contributed by atoms with Crippen molar-refractivity contribution in [1.82, 2.24) is 4.90 Å². The van der Waals surface area contributed by atoms with Crippen molar-refractivity contribution in [3.05, 3.63) is 0 Å². The van der Waals surface area contributed by atoms with Gasteiger partial charge >= 0.3 is 6.18 Å². The quantitative estimate of drug-likeness (QED) is 0.739. The summed E-state index contributed by atoms with van der Waals surface area (Å²) in [6.07, 6.45) is -4.23. The Bertz CT molecular complexity index is 175. The van der Waals surface area contributed by atoms with Gasteiger partial charge in [-0.1, -0.05) is 0 Å². The number of rotatable bonds is 6. The molecule has 2 N–H and O–H groups in total. The predicted molar refractivity (Wildman–Crippen MR) is 52.6 cm³/mol. The molecule has 0 saturated heterocycles. The van der Waals surface area contributed by atoms with Gasteiger partial charge in [0.05, 0.1) is 12.5 Å². The number of halogens is 3. The van der Waals surface area contributed by atoms with E-state index in [0.717, 1.165) is 0 Å². The largest absolute Gasteiger partial charge is 0.394 e. The monoisotopic (exact) mass is 228 g/mol. The van der Waals surface area contributed by atoms with E-state index in [4.69, 9.17) is 10.5 Å². The van der Waals surface area contributed by atoms with Crippen LogP contribution in [0.2, 0.25) is 0 Å². The SMILES string of the molecule is COCC(C)N(C)CC(CN)C(F)(F)F. The number of nitrogens with two attached hydrogens (primary N) is 1. The molecule has 0 fully saturated rings. The molecule has 2 atom stereocenters. The van der Waals surface area contributed by atoms with Crippen molar-refractivity contribution in [2.75, 3.05) is 33.9 Å². The van der Waals surface area contributed by atoms with Gasteiger partial charge in [-0.15, -0.1) is 0 Å². The highest BCUT2D eigenvalue weighted by molar-refractivity contribution is 4.74. The van der Waals surface area contributed by atoms with Crippen LogP contribution in [0.5, 0.6) is 0 Å². The second-order valence-corrected chi connectivity index (χ2v) is 3.72. The molecule has 0 amide bonds. The van der Waals surface area contributed by atoms with E-state index >= 15 is 0 Å². The minimum atomic E-state index is -4.23. The zero-order chi connectivity index (χ0) is 12.1. The van der Waals surface area contributed by atoms with E-state index in [1.54, 1.807) is 11.9 Å². The summed E-state index contributed by atoms with van der Waals surface area (Å²) < 4.78 is 42.0. The van der Waals surface area contributed by atoms with Gasteiger partial charge in [-0.05, 0) is 14.0 Å². The molecule has 2 unspecified atom stereocenters. The van der Waals surface area contributed by atoms with Gasteiger partial charge in [-0.25, -0.2) is 0 Å². The highest BCUT2D eigenvalue weighted by Gasteiger charge is 2.39. The number of likely N-dealkylation sites (N-methyl/N-ethyl adjacent to an activating group) is 1. The molecule has 0 aliphatic carbocycles. The van der Waals surface area contributed by atoms with Crippen LogP contribution in [0.25, 0.3) is 0 Å². The molecule has 92 valence electrons. The first-order chi connectivity index (χ1) is 6.82. The fourth-order valence-corrected chi connectivity index (χ4v) is 1.21. The molecule has 3 nitrogen and oxygen atoms in total. The molecule has 0 aliphatic rings. The standard InChI is InChI=1S/C9H19F3N2O/c1-7(6-15-3)14(2)5-8(4-13)9(10,11)12/h7-8H,4-6,13H2,1-3H3. The van der Waals surface area contributed by atoms with Crippen molar-refractivity contribution in [1.29, 1.82) is 0 Å². The molecular formula is C9H19F3N2O. The molecule has 0 saturated carbocycles. The number of nitrogens with zero attached hydrogens (tertiary/aromatic N) is 1. The van der Waals surface area contributed by atoms with Crippen LogP contribution in [0.15, 0.2) is 0 Å². The van der Waals surface area contributed by atoms with E-state index in [1.165, 1.54) is 7.11 Å². The maximum atomic E-state index is 12.4. The Morgan fingerprint density at radius 2 is 1.93 bits per heavy atom. The summed E-state index contributed by atoms with van der Waals surface area (Å²) in [7, 11) is 3.16. The van der Waals surface area contributed by atoms with E-state index in [9.17, 15) is 13.2 Å². The second-order valence-electron chi connectivity index (χ2n) is 3.72. The maximum Gasteiger partial charge on any atom is 0.394 e. The molecular weight excluding hydrogens is 209 g/mol. The van der Waals surface area contributed by atoms with Gasteiger partial charge in [-0.2, -0.15) is 13.2 Å². The Morgan fingerprint density at radius 1 is 1.40 bits per heavy atom. The number of methoxy groups -OCH3 is 1. The first kappa shape index (κ1) is 14.7. The van der Waals surface area contributed by atoms with Gasteiger partial charge < -0.3 is 15.4 Å². The highest BCUT2D eigenvalue weighted by Crippen LogP contribution is 2.26. The number of alkyl halides is 3. The van der Waals surface area contributed by atoms with Crippen molar-refractivity contribution in [2.24, 2.45) is 11.7 Å². The van der Waals surface area contributed by atoms with Crippen LogP contribution < -0.4 is 5.73 Å². The minimum Gasteiger partial charge on any atom is -0.383 e. The van der Waals surface area contributed by atoms with Gasteiger partial charge in [0.15, 0.2) is 0 Å². The van der Waals surface area contributed by atoms with Gasteiger partial charge in [0, 0.05) is 26.2 Å². The van der Waals surface area contributed by atoms with Crippen LogP contribution in [0.4, 0.5) is 13.2 Å². The summed E-state index contributed by atoms with van der Waals surface area (Å²) in [5.41, 5.74) is 5.10. The smallest absolute Gasteiger partial charge is 0.383 e. The van der Waals surface area contributed by atoms with E-state index < -0.39 is 12.1 Å². The molecule has 0 radical (unpaired) electrons. The predicted octanol–water partition coefficient (Wildman–Crippen LogP) is 1.09. The molecule has 0 bridgehead atoms. The van der Waals surface area contributed by atoms with E-state index in [0.29, 0.717) is 6.61 Å². The third-order valence-corrected chi connectivity index (χ3v) is 2.42. The molecule has 0 heterocycles. The van der Waals surface area contributed by atoms with Gasteiger partial charge in [0.25, 0.3) is 0 Å². The fraction of sp³-hybridized carbons (Fsp3) is 1.00. The van der Waals surface area contributed by atoms with Crippen LogP contribution in [-0.2, 0) is 4.74 Å². The van der Waals surface area contributed by atoms with Crippen LogP contribution in [0.3, 0.4) is 0 Å². The lowest BCUT2D eigenvalue weighted by Gasteiger charge is -2.29. The summed E-state index contributed by atoms with van der Waals surface area (Å²) in [6, 6.07) is -0.0496. The average molecular weight is 228 g/mol. The summed E-state index contributed by atoms with van der Waals surface area (Å²) in [6.45, 7) is 1.75. The number of ether oxygens (including phenoxy) is 1. The Balaban J connectivity index is 4.18. The van der Waals surface area contributed by atoms with E-state index in [1.807, 2.05) is 6.92 Å². The molecule has 15 heavy (non-hydrogen) atoms. The van der Waals surface area contributed by atoms with Crippen molar-refractivity contribution < 1.29 is 17.9 Å². The van der Waals surface area contributed by atoms with Gasteiger partial charge in [0.1, 0.15) is 0 Å². The molecule has 0 spiro atoms. The topological polar surface area (TPSA) is 38.5 Å². The number of hydrogen-bond donors (Lipinski definition) is 1. The molecule has 0 aromatic heterocycles. The summed E-state index contributed by atoms with van der Waals surface area (Å²) in [5.74, 6) is -1.47. The molecule has 0 aliphatic heterocycles.